The highest BCUT2D eigenvalue weighted by molar-refractivity contribution is 6.28. The molecule has 0 N–H and O–H groups in total. The minimum Gasteiger partial charge on any atom is -0.494 e. The van der Waals surface area contributed by atoms with Crippen LogP contribution in [-0.2, 0) is 0 Å². The summed E-state index contributed by atoms with van der Waals surface area (Å²) in [4.78, 5) is 20.6. The summed E-state index contributed by atoms with van der Waals surface area (Å²) in [7, 11) is 1.56. The molecule has 3 rings (SSSR count). The van der Waals surface area contributed by atoms with Crippen molar-refractivity contribution in [1.29, 1.82) is 0 Å². The van der Waals surface area contributed by atoms with Gasteiger partial charge >= 0.3 is 0 Å². The summed E-state index contributed by atoms with van der Waals surface area (Å²) in [6.07, 6.45) is 6.54. The average Bonchev–Trinajstić information content (AvgIpc) is 3.01. The summed E-state index contributed by atoms with van der Waals surface area (Å²) in [6, 6.07) is 3.54. The largest absolute Gasteiger partial charge is 0.494 e. The molecule has 0 radical (unpaired) electrons. The molecule has 0 saturated carbocycles. The molecule has 3 aromatic heterocycles. The summed E-state index contributed by atoms with van der Waals surface area (Å²) in [5, 5.41) is 0.0754. The van der Waals surface area contributed by atoms with Crippen molar-refractivity contribution >= 4 is 11.6 Å². The first-order valence-corrected chi connectivity index (χ1v) is 6.05. The SMILES string of the molecule is COc1cccnc1-c1nc(Cl)nc(-n2ccnc2)n1. The molecule has 0 aliphatic carbocycles. The molecule has 0 saturated heterocycles. The number of hydrogen-bond donors (Lipinski definition) is 0. The van der Waals surface area contributed by atoms with E-state index in [0.29, 0.717) is 23.2 Å². The van der Waals surface area contributed by atoms with Crippen molar-refractivity contribution in [2.75, 3.05) is 7.11 Å². The zero-order valence-electron chi connectivity index (χ0n) is 10.4. The Morgan fingerprint density at radius 2 is 2.10 bits per heavy atom. The second-order valence-electron chi connectivity index (χ2n) is 3.75. The Morgan fingerprint density at radius 1 is 1.20 bits per heavy atom. The highest BCUT2D eigenvalue weighted by Gasteiger charge is 2.13. The Kier molecular flexibility index (Phi) is 3.26. The van der Waals surface area contributed by atoms with Crippen LogP contribution < -0.4 is 4.74 Å². The normalized spacial score (nSPS) is 10.5. The van der Waals surface area contributed by atoms with Crippen LogP contribution in [0.1, 0.15) is 0 Å². The van der Waals surface area contributed by atoms with Crippen LogP contribution in [0, 0.1) is 0 Å². The number of hydrogen-bond acceptors (Lipinski definition) is 6. The number of halogens is 1. The Bertz CT molecular complexity index is 731. The predicted molar refractivity (Wildman–Crippen MR) is 71.7 cm³/mol. The van der Waals surface area contributed by atoms with Crippen LogP contribution in [0.3, 0.4) is 0 Å². The van der Waals surface area contributed by atoms with E-state index in [1.54, 1.807) is 48.7 Å². The van der Waals surface area contributed by atoms with E-state index in [1.807, 2.05) is 0 Å². The highest BCUT2D eigenvalue weighted by Crippen LogP contribution is 2.25. The highest BCUT2D eigenvalue weighted by atomic mass is 35.5. The molecule has 3 aromatic rings. The van der Waals surface area contributed by atoms with Gasteiger partial charge < -0.3 is 4.74 Å². The number of imidazole rings is 1. The molecule has 0 aromatic carbocycles. The van der Waals surface area contributed by atoms with Gasteiger partial charge in [0.25, 0.3) is 0 Å². The van der Waals surface area contributed by atoms with Crippen LogP contribution in [0.15, 0.2) is 37.1 Å². The quantitative estimate of drug-likeness (QED) is 0.731. The molecule has 0 amide bonds. The first-order valence-electron chi connectivity index (χ1n) is 5.67. The van der Waals surface area contributed by atoms with E-state index >= 15 is 0 Å². The third kappa shape index (κ3) is 2.30. The van der Waals surface area contributed by atoms with Gasteiger partial charge in [-0.1, -0.05) is 0 Å². The molecule has 0 fully saturated rings. The van der Waals surface area contributed by atoms with E-state index in [9.17, 15) is 0 Å². The molecular formula is C12H9ClN6O. The fraction of sp³-hybridized carbons (Fsp3) is 0.0833. The maximum absolute atomic E-state index is 5.95. The molecule has 0 atom stereocenters. The van der Waals surface area contributed by atoms with Gasteiger partial charge in [0.15, 0.2) is 5.82 Å². The Hall–Kier alpha value is -2.54. The van der Waals surface area contributed by atoms with Gasteiger partial charge in [-0.2, -0.15) is 15.0 Å². The summed E-state index contributed by atoms with van der Waals surface area (Å²) in [5.41, 5.74) is 0.501. The number of methoxy groups -OCH3 is 1. The van der Waals surface area contributed by atoms with Crippen LogP contribution in [0.2, 0.25) is 5.28 Å². The smallest absolute Gasteiger partial charge is 0.239 e. The number of rotatable bonds is 3. The number of pyridine rings is 1. The van der Waals surface area contributed by atoms with Gasteiger partial charge in [-0.15, -0.1) is 0 Å². The lowest BCUT2D eigenvalue weighted by Crippen LogP contribution is -2.04. The first-order chi connectivity index (χ1) is 9.78. The minimum absolute atomic E-state index is 0.0754. The molecule has 7 nitrogen and oxygen atoms in total. The molecular weight excluding hydrogens is 280 g/mol. The standard InChI is InChI=1S/C12H9ClN6O/c1-20-8-3-2-4-15-9(8)10-16-11(13)18-12(17-10)19-6-5-14-7-19/h2-7H,1H3. The molecule has 0 aliphatic heterocycles. The summed E-state index contributed by atoms with van der Waals surface area (Å²) in [5.74, 6) is 1.27. The average molecular weight is 289 g/mol. The van der Waals surface area contributed by atoms with Gasteiger partial charge in [-0.3, -0.25) is 4.57 Å². The van der Waals surface area contributed by atoms with Crippen LogP contribution in [0.25, 0.3) is 17.5 Å². The Balaban J connectivity index is 2.15. The van der Waals surface area contributed by atoms with Crippen molar-refractivity contribution < 1.29 is 4.74 Å². The van der Waals surface area contributed by atoms with E-state index in [1.165, 1.54) is 0 Å². The second kappa shape index (κ2) is 5.22. The molecule has 3 heterocycles. The van der Waals surface area contributed by atoms with E-state index in [0.717, 1.165) is 0 Å². The summed E-state index contributed by atoms with van der Waals surface area (Å²) in [6.45, 7) is 0. The number of ether oxygens (including phenoxy) is 1. The van der Waals surface area contributed by atoms with Crippen LogP contribution in [-0.4, -0.2) is 36.6 Å². The lowest BCUT2D eigenvalue weighted by molar-refractivity contribution is 0.414. The van der Waals surface area contributed by atoms with Crippen molar-refractivity contribution in [3.63, 3.8) is 0 Å². The van der Waals surface area contributed by atoms with E-state index in [2.05, 4.69) is 24.9 Å². The van der Waals surface area contributed by atoms with Gasteiger partial charge in [0.1, 0.15) is 17.8 Å². The molecule has 0 bridgehead atoms. The van der Waals surface area contributed by atoms with Gasteiger partial charge in [-0.25, -0.2) is 9.97 Å². The molecule has 0 aliphatic rings. The Morgan fingerprint density at radius 3 is 2.85 bits per heavy atom. The van der Waals surface area contributed by atoms with Crippen molar-refractivity contribution in [3.05, 3.63) is 42.3 Å². The first kappa shape index (κ1) is 12.5. The summed E-state index contributed by atoms with van der Waals surface area (Å²) < 4.78 is 6.88. The van der Waals surface area contributed by atoms with Gasteiger partial charge in [-0.05, 0) is 23.7 Å². The maximum atomic E-state index is 5.95. The predicted octanol–water partition coefficient (Wildman–Crippen LogP) is 1.78. The monoisotopic (exact) mass is 288 g/mol. The second-order valence-corrected chi connectivity index (χ2v) is 4.09. The number of nitrogens with zero attached hydrogens (tertiary/aromatic N) is 6. The van der Waals surface area contributed by atoms with Crippen LogP contribution in [0.5, 0.6) is 5.75 Å². The maximum Gasteiger partial charge on any atom is 0.239 e. The summed E-state index contributed by atoms with van der Waals surface area (Å²) >= 11 is 5.95. The van der Waals surface area contributed by atoms with Crippen molar-refractivity contribution in [1.82, 2.24) is 29.5 Å². The molecule has 100 valence electrons. The van der Waals surface area contributed by atoms with Crippen molar-refractivity contribution in [2.45, 2.75) is 0 Å². The molecule has 8 heteroatoms. The lowest BCUT2D eigenvalue weighted by Gasteiger charge is -2.07. The topological polar surface area (TPSA) is 78.6 Å². The third-order valence-electron chi connectivity index (χ3n) is 2.53. The molecule has 0 spiro atoms. The van der Waals surface area contributed by atoms with Crippen LogP contribution >= 0.6 is 11.6 Å². The van der Waals surface area contributed by atoms with E-state index in [4.69, 9.17) is 16.3 Å². The van der Waals surface area contributed by atoms with Crippen molar-refractivity contribution in [3.8, 4) is 23.2 Å². The minimum atomic E-state index is 0.0754. The fourth-order valence-electron chi connectivity index (χ4n) is 1.66. The zero-order valence-corrected chi connectivity index (χ0v) is 11.2. The van der Waals surface area contributed by atoms with E-state index in [-0.39, 0.29) is 5.28 Å². The van der Waals surface area contributed by atoms with Gasteiger partial charge in [0, 0.05) is 18.6 Å². The molecule has 20 heavy (non-hydrogen) atoms. The fourth-order valence-corrected chi connectivity index (χ4v) is 1.82. The lowest BCUT2D eigenvalue weighted by atomic mass is 10.3. The Labute approximate surface area is 119 Å². The van der Waals surface area contributed by atoms with Gasteiger partial charge in [0.2, 0.25) is 11.2 Å². The van der Waals surface area contributed by atoms with Gasteiger partial charge in [0.05, 0.1) is 7.11 Å². The third-order valence-corrected chi connectivity index (χ3v) is 2.70. The van der Waals surface area contributed by atoms with Crippen molar-refractivity contribution in [2.24, 2.45) is 0 Å². The molecule has 0 unspecified atom stereocenters. The van der Waals surface area contributed by atoms with E-state index < -0.39 is 0 Å². The number of aromatic nitrogens is 6. The van der Waals surface area contributed by atoms with Crippen LogP contribution in [0.4, 0.5) is 0 Å². The zero-order chi connectivity index (χ0) is 13.9.